The van der Waals surface area contributed by atoms with Gasteiger partial charge in [0.25, 0.3) is 0 Å². The summed E-state index contributed by atoms with van der Waals surface area (Å²) in [5.41, 5.74) is 2.33. The monoisotopic (exact) mass is 279 g/mol. The number of benzene rings is 1. The van der Waals surface area contributed by atoms with Crippen LogP contribution in [-0.4, -0.2) is 18.1 Å². The molecule has 1 aromatic heterocycles. The lowest BCUT2D eigenvalue weighted by atomic mass is 10.2. The van der Waals surface area contributed by atoms with E-state index in [-0.39, 0.29) is 5.97 Å². The van der Waals surface area contributed by atoms with Crippen LogP contribution in [0.25, 0.3) is 11.3 Å². The van der Waals surface area contributed by atoms with Crippen molar-refractivity contribution in [2.75, 3.05) is 7.11 Å². The van der Waals surface area contributed by atoms with E-state index in [1.807, 2.05) is 30.3 Å². The summed E-state index contributed by atoms with van der Waals surface area (Å²) in [5.74, 6) is -0.372. The van der Waals surface area contributed by atoms with E-state index in [4.69, 9.17) is 0 Å². The largest absolute Gasteiger partial charge is 0.464 e. The summed E-state index contributed by atoms with van der Waals surface area (Å²) in [6.45, 7) is 0. The highest BCUT2D eigenvalue weighted by molar-refractivity contribution is 9.10. The first-order valence-corrected chi connectivity index (χ1v) is 5.54. The molecule has 0 amide bonds. The Hall–Kier alpha value is -1.55. The van der Waals surface area contributed by atoms with Crippen molar-refractivity contribution in [3.8, 4) is 11.3 Å². The molecule has 4 heteroatoms. The predicted octanol–water partition coefficient (Wildman–Crippen LogP) is 3.23. The van der Waals surface area contributed by atoms with Crippen molar-refractivity contribution >= 4 is 21.9 Å². The normalized spacial score (nSPS) is 10.1. The molecule has 0 saturated carbocycles. The molecule has 3 nitrogen and oxygen atoms in total. The molecule has 1 N–H and O–H groups in total. The van der Waals surface area contributed by atoms with Crippen LogP contribution < -0.4 is 0 Å². The molecule has 2 rings (SSSR count). The van der Waals surface area contributed by atoms with Gasteiger partial charge in [0, 0.05) is 4.47 Å². The van der Waals surface area contributed by atoms with Crippen LogP contribution in [0.4, 0.5) is 0 Å². The fraction of sp³-hybridized carbons (Fsp3) is 0.0833. The Morgan fingerprint density at radius 1 is 1.31 bits per heavy atom. The van der Waals surface area contributed by atoms with Gasteiger partial charge in [0.15, 0.2) is 0 Å². The average molecular weight is 280 g/mol. The molecule has 0 saturated heterocycles. The molecule has 0 fully saturated rings. The molecular formula is C12H10BrNO2. The van der Waals surface area contributed by atoms with E-state index in [2.05, 4.69) is 25.7 Å². The van der Waals surface area contributed by atoms with Crippen LogP contribution in [0.5, 0.6) is 0 Å². The van der Waals surface area contributed by atoms with Crippen molar-refractivity contribution in [2.45, 2.75) is 0 Å². The minimum absolute atomic E-state index is 0.372. The molecular weight excluding hydrogens is 270 g/mol. The van der Waals surface area contributed by atoms with Crippen molar-refractivity contribution in [1.29, 1.82) is 0 Å². The number of esters is 1. The molecule has 0 spiro atoms. The Kier molecular flexibility index (Phi) is 3.10. The molecule has 0 aliphatic rings. The molecule has 0 aliphatic heterocycles. The van der Waals surface area contributed by atoms with Crippen LogP contribution in [0, 0.1) is 0 Å². The van der Waals surface area contributed by atoms with Gasteiger partial charge in [-0.3, -0.25) is 0 Å². The van der Waals surface area contributed by atoms with Crippen LogP contribution in [0.15, 0.2) is 40.9 Å². The SMILES string of the molecule is COC(=O)c1cc(Br)c(-c2ccccc2)[nH]1. The molecule has 1 aromatic carbocycles. The van der Waals surface area contributed by atoms with Gasteiger partial charge in [-0.1, -0.05) is 30.3 Å². The zero-order valence-corrected chi connectivity index (χ0v) is 10.2. The molecule has 16 heavy (non-hydrogen) atoms. The topological polar surface area (TPSA) is 42.1 Å². The van der Waals surface area contributed by atoms with E-state index in [1.54, 1.807) is 6.07 Å². The number of halogens is 1. The Balaban J connectivity index is 2.44. The highest BCUT2D eigenvalue weighted by atomic mass is 79.9. The van der Waals surface area contributed by atoms with Gasteiger partial charge in [0.1, 0.15) is 5.69 Å². The standard InChI is InChI=1S/C12H10BrNO2/c1-16-12(15)10-7-9(13)11(14-10)8-5-3-2-4-6-8/h2-7,14H,1H3. The number of rotatable bonds is 2. The first kappa shape index (κ1) is 11.0. The second kappa shape index (κ2) is 4.53. The second-order valence-corrected chi connectivity index (χ2v) is 4.12. The fourth-order valence-electron chi connectivity index (χ4n) is 1.46. The van der Waals surface area contributed by atoms with Crippen molar-refractivity contribution in [3.05, 3.63) is 46.6 Å². The molecule has 0 unspecified atom stereocenters. The van der Waals surface area contributed by atoms with E-state index >= 15 is 0 Å². The van der Waals surface area contributed by atoms with Crippen molar-refractivity contribution in [3.63, 3.8) is 0 Å². The second-order valence-electron chi connectivity index (χ2n) is 3.26. The summed E-state index contributed by atoms with van der Waals surface area (Å²) in [5, 5.41) is 0. The summed E-state index contributed by atoms with van der Waals surface area (Å²) < 4.78 is 5.50. The highest BCUT2D eigenvalue weighted by Crippen LogP contribution is 2.28. The Labute approximate surface area is 102 Å². The first-order chi connectivity index (χ1) is 7.72. The van der Waals surface area contributed by atoms with Crippen LogP contribution in [-0.2, 0) is 4.74 Å². The molecule has 0 radical (unpaired) electrons. The maximum Gasteiger partial charge on any atom is 0.354 e. The van der Waals surface area contributed by atoms with Crippen molar-refractivity contribution in [2.24, 2.45) is 0 Å². The Morgan fingerprint density at radius 3 is 2.62 bits per heavy atom. The summed E-state index contributed by atoms with van der Waals surface area (Å²) in [4.78, 5) is 14.4. The van der Waals surface area contributed by atoms with Gasteiger partial charge >= 0.3 is 5.97 Å². The van der Waals surface area contributed by atoms with Gasteiger partial charge in [0.05, 0.1) is 12.8 Å². The smallest absolute Gasteiger partial charge is 0.354 e. The molecule has 0 aliphatic carbocycles. The van der Waals surface area contributed by atoms with Gasteiger partial charge in [-0.15, -0.1) is 0 Å². The Morgan fingerprint density at radius 2 is 2.00 bits per heavy atom. The van der Waals surface area contributed by atoms with Crippen LogP contribution in [0.3, 0.4) is 0 Å². The van der Waals surface area contributed by atoms with Crippen LogP contribution >= 0.6 is 15.9 Å². The number of H-pyrrole nitrogens is 1. The van der Waals surface area contributed by atoms with Crippen molar-refractivity contribution < 1.29 is 9.53 Å². The number of carbonyl (C=O) groups is 1. The minimum atomic E-state index is -0.372. The van der Waals surface area contributed by atoms with Crippen LogP contribution in [0.1, 0.15) is 10.5 Å². The van der Waals surface area contributed by atoms with Gasteiger partial charge in [-0.25, -0.2) is 4.79 Å². The third-order valence-electron chi connectivity index (χ3n) is 2.24. The fourth-order valence-corrected chi connectivity index (χ4v) is 2.02. The highest BCUT2D eigenvalue weighted by Gasteiger charge is 2.13. The summed E-state index contributed by atoms with van der Waals surface area (Å²) >= 11 is 3.41. The number of nitrogens with one attached hydrogen (secondary N) is 1. The van der Waals surface area contributed by atoms with Crippen molar-refractivity contribution in [1.82, 2.24) is 4.98 Å². The minimum Gasteiger partial charge on any atom is -0.464 e. The molecule has 1 heterocycles. The van der Waals surface area contributed by atoms with Gasteiger partial charge in [0.2, 0.25) is 0 Å². The number of hydrogen-bond donors (Lipinski definition) is 1. The zero-order chi connectivity index (χ0) is 11.5. The molecule has 82 valence electrons. The molecule has 0 atom stereocenters. The van der Waals surface area contributed by atoms with Gasteiger partial charge < -0.3 is 9.72 Å². The lowest BCUT2D eigenvalue weighted by Gasteiger charge is -1.98. The molecule has 0 bridgehead atoms. The summed E-state index contributed by atoms with van der Waals surface area (Å²) in [7, 11) is 1.36. The quantitative estimate of drug-likeness (QED) is 0.858. The maximum absolute atomic E-state index is 11.3. The lowest BCUT2D eigenvalue weighted by Crippen LogP contribution is -2.00. The van der Waals surface area contributed by atoms with E-state index in [0.29, 0.717) is 5.69 Å². The van der Waals surface area contributed by atoms with Gasteiger partial charge in [-0.2, -0.15) is 0 Å². The Bertz CT molecular complexity index is 505. The van der Waals surface area contributed by atoms with E-state index < -0.39 is 0 Å². The van der Waals surface area contributed by atoms with Gasteiger partial charge in [-0.05, 0) is 27.6 Å². The van der Waals surface area contributed by atoms with E-state index in [1.165, 1.54) is 7.11 Å². The number of ether oxygens (including phenoxy) is 1. The molecule has 2 aromatic rings. The third kappa shape index (κ3) is 2.02. The zero-order valence-electron chi connectivity index (χ0n) is 8.66. The van der Waals surface area contributed by atoms with E-state index in [0.717, 1.165) is 15.7 Å². The number of methoxy groups -OCH3 is 1. The number of carbonyl (C=O) groups excluding carboxylic acids is 1. The maximum atomic E-state index is 11.3. The number of aromatic amines is 1. The first-order valence-electron chi connectivity index (χ1n) is 4.74. The number of hydrogen-bond acceptors (Lipinski definition) is 2. The van der Waals surface area contributed by atoms with Crippen LogP contribution in [0.2, 0.25) is 0 Å². The average Bonchev–Trinajstić information content (AvgIpc) is 2.71. The lowest BCUT2D eigenvalue weighted by molar-refractivity contribution is 0.0595. The summed E-state index contributed by atoms with van der Waals surface area (Å²) in [6, 6.07) is 11.5. The van der Waals surface area contributed by atoms with E-state index in [9.17, 15) is 4.79 Å². The third-order valence-corrected chi connectivity index (χ3v) is 2.86. The number of aromatic nitrogens is 1. The summed E-state index contributed by atoms with van der Waals surface area (Å²) in [6.07, 6.45) is 0. The predicted molar refractivity (Wildman–Crippen MR) is 65.3 cm³/mol.